The zero-order chi connectivity index (χ0) is 23.3. The van der Waals surface area contributed by atoms with Gasteiger partial charge in [0.05, 0.1) is 25.1 Å². The summed E-state index contributed by atoms with van der Waals surface area (Å²) < 4.78 is 32.0. The summed E-state index contributed by atoms with van der Waals surface area (Å²) in [6.45, 7) is 9.60. The molecule has 1 N–H and O–H groups in total. The summed E-state index contributed by atoms with van der Waals surface area (Å²) in [5.41, 5.74) is 4.34. The molecular formula is C24H34N2O4S. The molecule has 31 heavy (non-hydrogen) atoms. The van der Waals surface area contributed by atoms with E-state index >= 15 is 0 Å². The van der Waals surface area contributed by atoms with Gasteiger partial charge in [0.1, 0.15) is 11.8 Å². The van der Waals surface area contributed by atoms with Gasteiger partial charge in [0.25, 0.3) is 0 Å². The number of hydrogen-bond acceptors (Lipinski definition) is 4. The van der Waals surface area contributed by atoms with Crippen LogP contribution < -0.4 is 14.4 Å². The first-order valence-electron chi connectivity index (χ1n) is 10.5. The second kappa shape index (κ2) is 10.2. The molecule has 0 unspecified atom stereocenters. The summed E-state index contributed by atoms with van der Waals surface area (Å²) in [4.78, 5) is 13.3. The SMILES string of the molecule is CC[C@@H](NC(=O)[C@H](CC)N(c1cc(C)cc(C)c1)S(C)(=O)=O)c1ccc(OC)c(C)c1. The largest absolute Gasteiger partial charge is 0.496 e. The Morgan fingerprint density at radius 1 is 1.03 bits per heavy atom. The van der Waals surface area contributed by atoms with E-state index in [0.717, 1.165) is 34.3 Å². The number of benzene rings is 2. The highest BCUT2D eigenvalue weighted by Gasteiger charge is 2.32. The van der Waals surface area contributed by atoms with E-state index in [2.05, 4.69) is 5.32 Å². The number of methoxy groups -OCH3 is 1. The first-order chi connectivity index (χ1) is 14.5. The number of anilines is 1. The highest BCUT2D eigenvalue weighted by molar-refractivity contribution is 7.92. The fourth-order valence-electron chi connectivity index (χ4n) is 3.95. The van der Waals surface area contributed by atoms with Gasteiger partial charge in [-0.2, -0.15) is 0 Å². The number of nitrogens with one attached hydrogen (secondary N) is 1. The van der Waals surface area contributed by atoms with Crippen molar-refractivity contribution in [1.29, 1.82) is 0 Å². The fraction of sp³-hybridized carbons (Fsp3) is 0.458. The molecule has 0 fully saturated rings. The zero-order valence-corrected chi connectivity index (χ0v) is 20.3. The van der Waals surface area contributed by atoms with Gasteiger partial charge in [-0.25, -0.2) is 8.42 Å². The Morgan fingerprint density at radius 2 is 1.65 bits per heavy atom. The number of nitrogens with zero attached hydrogens (tertiary/aromatic N) is 1. The van der Waals surface area contributed by atoms with Crippen molar-refractivity contribution in [3.8, 4) is 5.75 Å². The van der Waals surface area contributed by atoms with Crippen molar-refractivity contribution in [2.75, 3.05) is 17.7 Å². The summed E-state index contributed by atoms with van der Waals surface area (Å²) in [6.07, 6.45) is 2.17. The minimum Gasteiger partial charge on any atom is -0.496 e. The smallest absolute Gasteiger partial charge is 0.244 e. The van der Waals surface area contributed by atoms with Crippen molar-refractivity contribution in [3.05, 3.63) is 58.7 Å². The molecule has 0 spiro atoms. The molecule has 0 aliphatic heterocycles. The maximum atomic E-state index is 13.3. The summed E-state index contributed by atoms with van der Waals surface area (Å²) in [5, 5.41) is 3.06. The van der Waals surface area contributed by atoms with E-state index in [4.69, 9.17) is 4.74 Å². The average molecular weight is 447 g/mol. The summed E-state index contributed by atoms with van der Waals surface area (Å²) >= 11 is 0. The van der Waals surface area contributed by atoms with Crippen LogP contribution in [0.5, 0.6) is 5.75 Å². The number of rotatable bonds is 9. The predicted molar refractivity (Wildman–Crippen MR) is 126 cm³/mol. The van der Waals surface area contributed by atoms with Crippen molar-refractivity contribution >= 4 is 21.6 Å². The molecule has 0 bridgehead atoms. The first-order valence-corrected chi connectivity index (χ1v) is 12.4. The molecule has 2 aromatic carbocycles. The highest BCUT2D eigenvalue weighted by atomic mass is 32.2. The second-order valence-corrected chi connectivity index (χ2v) is 9.89. The number of hydrogen-bond donors (Lipinski definition) is 1. The van der Waals surface area contributed by atoms with Crippen LogP contribution in [-0.4, -0.2) is 33.7 Å². The van der Waals surface area contributed by atoms with Crippen LogP contribution in [0.1, 0.15) is 55.0 Å². The Kier molecular flexibility index (Phi) is 8.12. The molecule has 2 rings (SSSR count). The fourth-order valence-corrected chi connectivity index (χ4v) is 5.14. The number of ether oxygens (including phenoxy) is 1. The van der Waals surface area contributed by atoms with Crippen LogP contribution in [0.4, 0.5) is 5.69 Å². The zero-order valence-electron chi connectivity index (χ0n) is 19.5. The maximum absolute atomic E-state index is 13.3. The minimum atomic E-state index is -3.67. The molecule has 6 nitrogen and oxygen atoms in total. The van der Waals surface area contributed by atoms with Crippen LogP contribution in [-0.2, 0) is 14.8 Å². The van der Waals surface area contributed by atoms with Gasteiger partial charge >= 0.3 is 0 Å². The monoisotopic (exact) mass is 446 g/mol. The number of carbonyl (C=O) groups excluding carboxylic acids is 1. The number of amides is 1. The molecular weight excluding hydrogens is 412 g/mol. The van der Waals surface area contributed by atoms with Crippen LogP contribution in [0.3, 0.4) is 0 Å². The molecule has 0 aliphatic carbocycles. The number of aryl methyl sites for hydroxylation is 3. The lowest BCUT2D eigenvalue weighted by Crippen LogP contribution is -2.50. The third kappa shape index (κ3) is 6.00. The molecule has 0 saturated heterocycles. The van der Waals surface area contributed by atoms with Crippen LogP contribution in [0.15, 0.2) is 36.4 Å². The van der Waals surface area contributed by atoms with Gasteiger partial charge in [-0.05, 0) is 74.1 Å². The van der Waals surface area contributed by atoms with E-state index in [1.807, 2.05) is 58.9 Å². The van der Waals surface area contributed by atoms with Gasteiger partial charge in [0.15, 0.2) is 0 Å². The van der Waals surface area contributed by atoms with E-state index < -0.39 is 16.1 Å². The van der Waals surface area contributed by atoms with E-state index in [9.17, 15) is 13.2 Å². The molecule has 2 atom stereocenters. The molecule has 7 heteroatoms. The Labute approximate surface area is 186 Å². The van der Waals surface area contributed by atoms with E-state index in [0.29, 0.717) is 18.5 Å². The van der Waals surface area contributed by atoms with Crippen molar-refractivity contribution < 1.29 is 17.9 Å². The highest BCUT2D eigenvalue weighted by Crippen LogP contribution is 2.27. The van der Waals surface area contributed by atoms with Crippen molar-refractivity contribution in [3.63, 3.8) is 0 Å². The molecule has 0 heterocycles. The third-order valence-corrected chi connectivity index (χ3v) is 6.52. The molecule has 0 saturated carbocycles. The standard InChI is InChI=1S/C24H34N2O4S/c1-8-21(19-10-11-23(30-6)18(5)15-19)25-24(27)22(9-2)26(31(7,28)29)20-13-16(3)12-17(4)14-20/h10-15,21-22H,8-9H2,1-7H3,(H,25,27)/t21-,22+/m1/s1. The first kappa shape index (κ1) is 24.7. The Balaban J connectivity index is 2.39. The number of carbonyl (C=O) groups is 1. The number of sulfonamides is 1. The molecule has 0 radical (unpaired) electrons. The molecule has 170 valence electrons. The molecule has 2 aromatic rings. The summed E-state index contributed by atoms with van der Waals surface area (Å²) in [7, 11) is -2.05. The molecule has 0 aromatic heterocycles. The van der Waals surface area contributed by atoms with Gasteiger partial charge < -0.3 is 10.1 Å². The third-order valence-electron chi connectivity index (χ3n) is 5.34. The minimum absolute atomic E-state index is 0.230. The van der Waals surface area contributed by atoms with Gasteiger partial charge in [0, 0.05) is 0 Å². The van der Waals surface area contributed by atoms with Crippen LogP contribution in [0.2, 0.25) is 0 Å². The topological polar surface area (TPSA) is 75.7 Å². The maximum Gasteiger partial charge on any atom is 0.244 e. The van der Waals surface area contributed by atoms with Gasteiger partial charge in [-0.1, -0.05) is 32.0 Å². The van der Waals surface area contributed by atoms with Crippen molar-refractivity contribution in [2.45, 2.75) is 59.5 Å². The van der Waals surface area contributed by atoms with Crippen molar-refractivity contribution in [1.82, 2.24) is 5.32 Å². The Morgan fingerprint density at radius 3 is 2.10 bits per heavy atom. The predicted octanol–water partition coefficient (Wildman–Crippen LogP) is 4.43. The van der Waals surface area contributed by atoms with Gasteiger partial charge in [-0.15, -0.1) is 0 Å². The second-order valence-electron chi connectivity index (χ2n) is 8.03. The van der Waals surface area contributed by atoms with Crippen molar-refractivity contribution in [2.24, 2.45) is 0 Å². The molecule has 1 amide bonds. The Bertz CT molecular complexity index is 1010. The van der Waals surface area contributed by atoms with Crippen LogP contribution in [0.25, 0.3) is 0 Å². The molecule has 0 aliphatic rings. The van der Waals surface area contributed by atoms with Gasteiger partial charge in [0.2, 0.25) is 15.9 Å². The normalized spacial score (nSPS) is 13.4. The summed E-state index contributed by atoms with van der Waals surface area (Å²) in [5.74, 6) is 0.474. The quantitative estimate of drug-likeness (QED) is 0.618. The van der Waals surface area contributed by atoms with E-state index in [1.165, 1.54) is 4.31 Å². The lowest BCUT2D eigenvalue weighted by molar-refractivity contribution is -0.123. The van der Waals surface area contributed by atoms with Crippen LogP contribution in [0, 0.1) is 20.8 Å². The van der Waals surface area contributed by atoms with E-state index in [-0.39, 0.29) is 11.9 Å². The summed E-state index contributed by atoms with van der Waals surface area (Å²) in [6, 6.07) is 10.3. The van der Waals surface area contributed by atoms with E-state index in [1.54, 1.807) is 19.2 Å². The van der Waals surface area contributed by atoms with Crippen LogP contribution >= 0.6 is 0 Å². The lowest BCUT2D eigenvalue weighted by atomic mass is 10.0. The lowest BCUT2D eigenvalue weighted by Gasteiger charge is -2.32. The Hall–Kier alpha value is -2.54. The average Bonchev–Trinajstić information content (AvgIpc) is 2.67. The van der Waals surface area contributed by atoms with Gasteiger partial charge in [-0.3, -0.25) is 9.10 Å².